The third kappa shape index (κ3) is 5.40. The van der Waals surface area contributed by atoms with E-state index in [1.54, 1.807) is 18.3 Å². The minimum atomic E-state index is -0.902. The van der Waals surface area contributed by atoms with Crippen LogP contribution in [0.15, 0.2) is 30.5 Å². The first kappa shape index (κ1) is 24.7. The molecular weight excluding hydrogens is 483 g/mol. The van der Waals surface area contributed by atoms with Crippen LogP contribution in [0.5, 0.6) is 0 Å². The average Bonchev–Trinajstić information content (AvgIpc) is 3.36. The number of urea groups is 1. The lowest BCUT2D eigenvalue weighted by atomic mass is 10.1. The molecule has 3 amide bonds. The molecule has 2 aliphatic rings. The number of nitrogens with zero attached hydrogens (tertiary/aromatic N) is 6. The highest BCUT2D eigenvalue weighted by Gasteiger charge is 2.27. The fourth-order valence-electron chi connectivity index (χ4n) is 4.66. The molecule has 4 heterocycles. The highest BCUT2D eigenvalue weighted by Crippen LogP contribution is 2.32. The molecule has 2 saturated heterocycles. The molecule has 0 spiro atoms. The van der Waals surface area contributed by atoms with Gasteiger partial charge in [0, 0.05) is 44.0 Å². The Kier molecular flexibility index (Phi) is 7.30. The number of hydrogen-bond donors (Lipinski definition) is 3. The van der Waals surface area contributed by atoms with Crippen LogP contribution in [0.2, 0.25) is 0 Å². The number of ether oxygens (including phenoxy) is 1. The van der Waals surface area contributed by atoms with Gasteiger partial charge in [0.05, 0.1) is 30.8 Å². The number of rotatable bonds is 6. The monoisotopic (exact) mass is 512 g/mol. The number of morpholine rings is 1. The summed E-state index contributed by atoms with van der Waals surface area (Å²) >= 11 is 0. The molecule has 196 valence electrons. The van der Waals surface area contributed by atoms with Gasteiger partial charge in [-0.1, -0.05) is 0 Å². The Labute approximate surface area is 212 Å². The Balaban J connectivity index is 1.47. The molecule has 12 nitrogen and oxygen atoms in total. The van der Waals surface area contributed by atoms with Crippen LogP contribution < -0.4 is 15.5 Å². The minimum Gasteiger partial charge on any atom is -0.465 e. The Hall–Kier alpha value is -4.00. The Bertz CT molecular complexity index is 1250. The van der Waals surface area contributed by atoms with Crippen LogP contribution in [0.25, 0.3) is 22.4 Å². The molecule has 3 N–H and O–H groups in total. The minimum absolute atomic E-state index is 0.0304. The lowest BCUT2D eigenvalue weighted by Gasteiger charge is -2.30. The van der Waals surface area contributed by atoms with Crippen LogP contribution in [-0.4, -0.2) is 94.5 Å². The predicted molar refractivity (Wildman–Crippen MR) is 135 cm³/mol. The number of aromatic nitrogens is 4. The summed E-state index contributed by atoms with van der Waals surface area (Å²) in [4.78, 5) is 36.5. The van der Waals surface area contributed by atoms with E-state index in [1.165, 1.54) is 4.90 Å². The van der Waals surface area contributed by atoms with E-state index in [4.69, 9.17) is 14.7 Å². The van der Waals surface area contributed by atoms with Gasteiger partial charge in [-0.2, -0.15) is 5.10 Å². The topological polar surface area (TPSA) is 138 Å². The second-order valence-corrected chi connectivity index (χ2v) is 8.94. The standard InChI is InChI=1S/C24H29FN8O4/c25-7-8-26-23(34)28-17-3-1-16(2-4-17)20-29-21(31-11-13-37-14-12-31)19-15-27-33(22(19)30-20)18-5-9-32(10-6-18)24(35)36/h1-4,15,18H,5-14H2,(H,35,36)(H2,26,28,34). The first-order valence-electron chi connectivity index (χ1n) is 12.3. The Morgan fingerprint density at radius 2 is 1.81 bits per heavy atom. The zero-order valence-corrected chi connectivity index (χ0v) is 20.3. The zero-order valence-electron chi connectivity index (χ0n) is 20.3. The fraction of sp³-hybridized carbons (Fsp3) is 0.458. The van der Waals surface area contributed by atoms with Crippen molar-refractivity contribution in [2.24, 2.45) is 0 Å². The van der Waals surface area contributed by atoms with E-state index in [9.17, 15) is 19.1 Å². The molecular formula is C24H29FN8O4. The maximum Gasteiger partial charge on any atom is 0.407 e. The highest BCUT2D eigenvalue weighted by atomic mass is 19.1. The highest BCUT2D eigenvalue weighted by molar-refractivity contribution is 5.90. The summed E-state index contributed by atoms with van der Waals surface area (Å²) in [7, 11) is 0. The number of carbonyl (C=O) groups is 2. The number of carbonyl (C=O) groups excluding carboxylic acids is 1. The number of nitrogens with one attached hydrogen (secondary N) is 2. The SMILES string of the molecule is O=C(NCCF)Nc1ccc(-c2nc(N3CCOCC3)c3cnn(C4CCN(C(=O)O)CC4)c3n2)cc1. The van der Waals surface area contributed by atoms with E-state index in [2.05, 4.69) is 20.6 Å². The number of piperidine rings is 1. The maximum absolute atomic E-state index is 12.3. The van der Waals surface area contributed by atoms with Crippen LogP contribution >= 0.6 is 0 Å². The summed E-state index contributed by atoms with van der Waals surface area (Å²) in [5.74, 6) is 1.30. The van der Waals surface area contributed by atoms with Crippen molar-refractivity contribution in [2.75, 3.05) is 62.8 Å². The van der Waals surface area contributed by atoms with Crippen molar-refractivity contribution in [1.82, 2.24) is 30.0 Å². The van der Waals surface area contributed by atoms with Crippen molar-refractivity contribution in [2.45, 2.75) is 18.9 Å². The molecule has 0 unspecified atom stereocenters. The first-order chi connectivity index (χ1) is 18.0. The molecule has 3 aromatic rings. The molecule has 1 aromatic carbocycles. The summed E-state index contributed by atoms with van der Waals surface area (Å²) in [6, 6.07) is 6.68. The second kappa shape index (κ2) is 10.9. The molecule has 2 aliphatic heterocycles. The molecule has 37 heavy (non-hydrogen) atoms. The van der Waals surface area contributed by atoms with Crippen LogP contribution in [-0.2, 0) is 4.74 Å². The summed E-state index contributed by atoms with van der Waals surface area (Å²) in [6.07, 6.45) is 2.19. The fourth-order valence-corrected chi connectivity index (χ4v) is 4.66. The number of hydrogen-bond acceptors (Lipinski definition) is 7. The van der Waals surface area contributed by atoms with Crippen LogP contribution in [0, 0.1) is 0 Å². The maximum atomic E-state index is 12.3. The van der Waals surface area contributed by atoms with Crippen molar-refractivity contribution in [3.8, 4) is 11.4 Å². The van der Waals surface area contributed by atoms with Gasteiger partial charge >= 0.3 is 12.1 Å². The van der Waals surface area contributed by atoms with Gasteiger partial charge in [-0.15, -0.1) is 0 Å². The number of likely N-dealkylation sites (tertiary alicyclic amines) is 1. The number of fused-ring (bicyclic) bond motifs is 1. The van der Waals surface area contributed by atoms with Crippen LogP contribution in [0.4, 0.5) is 25.5 Å². The quantitative estimate of drug-likeness (QED) is 0.458. The number of anilines is 2. The molecule has 13 heteroatoms. The number of amides is 3. The first-order valence-corrected chi connectivity index (χ1v) is 12.3. The molecule has 2 aromatic heterocycles. The van der Waals surface area contributed by atoms with Crippen molar-refractivity contribution in [3.05, 3.63) is 30.5 Å². The number of benzene rings is 1. The number of carboxylic acid groups (broad SMARTS) is 1. The molecule has 0 saturated carbocycles. The molecule has 0 radical (unpaired) electrons. The van der Waals surface area contributed by atoms with E-state index in [1.807, 2.05) is 16.8 Å². The van der Waals surface area contributed by atoms with Gasteiger partial charge in [0.25, 0.3) is 0 Å². The average molecular weight is 513 g/mol. The van der Waals surface area contributed by atoms with E-state index in [-0.39, 0.29) is 12.6 Å². The zero-order chi connectivity index (χ0) is 25.8. The molecule has 0 atom stereocenters. The molecule has 0 bridgehead atoms. The smallest absolute Gasteiger partial charge is 0.407 e. The van der Waals surface area contributed by atoms with Gasteiger partial charge < -0.3 is 30.3 Å². The summed E-state index contributed by atoms with van der Waals surface area (Å²) in [6.45, 7) is 2.82. The summed E-state index contributed by atoms with van der Waals surface area (Å²) < 4.78 is 19.7. The van der Waals surface area contributed by atoms with Gasteiger partial charge in [-0.05, 0) is 37.1 Å². The normalized spacial score (nSPS) is 16.7. The molecule has 2 fully saturated rings. The van der Waals surface area contributed by atoms with Crippen molar-refractivity contribution in [3.63, 3.8) is 0 Å². The summed E-state index contributed by atoms with van der Waals surface area (Å²) in [5.41, 5.74) is 2.03. The van der Waals surface area contributed by atoms with Crippen LogP contribution in [0.1, 0.15) is 18.9 Å². The Morgan fingerprint density at radius 1 is 1.08 bits per heavy atom. The van der Waals surface area contributed by atoms with E-state index in [0.717, 1.165) is 16.8 Å². The lowest BCUT2D eigenvalue weighted by Crippen LogP contribution is -2.38. The van der Waals surface area contributed by atoms with E-state index in [0.29, 0.717) is 69.4 Å². The number of halogens is 1. The molecule has 5 rings (SSSR count). The van der Waals surface area contributed by atoms with Gasteiger partial charge in [0.2, 0.25) is 0 Å². The Morgan fingerprint density at radius 3 is 2.49 bits per heavy atom. The summed E-state index contributed by atoms with van der Waals surface area (Å²) in [5, 5.41) is 19.9. The second-order valence-electron chi connectivity index (χ2n) is 8.94. The van der Waals surface area contributed by atoms with Gasteiger partial charge in [-0.3, -0.25) is 0 Å². The third-order valence-corrected chi connectivity index (χ3v) is 6.61. The third-order valence-electron chi connectivity index (χ3n) is 6.61. The lowest BCUT2D eigenvalue weighted by molar-refractivity contribution is 0.122. The van der Waals surface area contributed by atoms with Crippen molar-refractivity contribution >= 4 is 34.7 Å². The van der Waals surface area contributed by atoms with Gasteiger partial charge in [-0.25, -0.2) is 28.6 Å². The van der Waals surface area contributed by atoms with Gasteiger partial charge in [0.1, 0.15) is 12.5 Å². The van der Waals surface area contributed by atoms with E-state index < -0.39 is 18.8 Å². The van der Waals surface area contributed by atoms with Crippen molar-refractivity contribution < 1.29 is 23.8 Å². The predicted octanol–water partition coefficient (Wildman–Crippen LogP) is 2.74. The van der Waals surface area contributed by atoms with E-state index >= 15 is 0 Å². The number of alkyl halides is 1. The van der Waals surface area contributed by atoms with Crippen molar-refractivity contribution in [1.29, 1.82) is 0 Å². The molecule has 0 aliphatic carbocycles. The largest absolute Gasteiger partial charge is 0.465 e. The van der Waals surface area contributed by atoms with Gasteiger partial charge in [0.15, 0.2) is 11.5 Å². The van der Waals surface area contributed by atoms with Crippen LogP contribution in [0.3, 0.4) is 0 Å².